The molecule has 0 bridgehead atoms. The van der Waals surface area contributed by atoms with Crippen molar-refractivity contribution in [3.8, 4) is 0 Å². The fourth-order valence-corrected chi connectivity index (χ4v) is 3.79. The smallest absolute Gasteiger partial charge is 0.323 e. The molecule has 0 N–H and O–H groups in total. The van der Waals surface area contributed by atoms with Crippen molar-refractivity contribution in [1.29, 1.82) is 0 Å². The second kappa shape index (κ2) is 5.87. The van der Waals surface area contributed by atoms with Crippen LogP contribution >= 0.6 is 0 Å². The summed E-state index contributed by atoms with van der Waals surface area (Å²) >= 11 is 0. The third kappa shape index (κ3) is 2.87. The highest BCUT2D eigenvalue weighted by Crippen LogP contribution is 2.38. The second-order valence-electron chi connectivity index (χ2n) is 7.13. The number of ether oxygens (including phenoxy) is 1. The molecule has 0 unspecified atom stereocenters. The van der Waals surface area contributed by atoms with Crippen LogP contribution in [0.4, 0.5) is 0 Å². The third-order valence-corrected chi connectivity index (χ3v) is 5.50. The molecule has 1 aromatic heterocycles. The van der Waals surface area contributed by atoms with Gasteiger partial charge in [-0.2, -0.15) is 0 Å². The van der Waals surface area contributed by atoms with Crippen LogP contribution in [0.1, 0.15) is 43.3 Å². The number of cyclic esters (lactones) is 1. The Labute approximate surface area is 136 Å². The van der Waals surface area contributed by atoms with Crippen molar-refractivity contribution in [3.63, 3.8) is 0 Å². The Balaban J connectivity index is 1.36. The van der Waals surface area contributed by atoms with Gasteiger partial charge in [-0.25, -0.2) is 0 Å². The molecule has 3 aliphatic rings. The van der Waals surface area contributed by atoms with E-state index in [1.807, 2.05) is 0 Å². The number of rotatable bonds is 5. The molecule has 7 heteroatoms. The highest BCUT2D eigenvalue weighted by molar-refractivity contribution is 5.77. The van der Waals surface area contributed by atoms with Crippen LogP contribution in [0.3, 0.4) is 0 Å². The molecule has 126 valence electrons. The maximum atomic E-state index is 11.7. The van der Waals surface area contributed by atoms with E-state index in [2.05, 4.69) is 38.7 Å². The molecule has 0 radical (unpaired) electrons. The van der Waals surface area contributed by atoms with Gasteiger partial charge in [-0.3, -0.25) is 14.6 Å². The Morgan fingerprint density at radius 3 is 2.78 bits per heavy atom. The Kier molecular flexibility index (Phi) is 3.85. The van der Waals surface area contributed by atoms with Gasteiger partial charge < -0.3 is 9.30 Å². The van der Waals surface area contributed by atoms with E-state index in [-0.39, 0.29) is 12.0 Å². The first kappa shape index (κ1) is 15.1. The van der Waals surface area contributed by atoms with Crippen molar-refractivity contribution < 1.29 is 9.53 Å². The number of carbonyl (C=O) groups is 1. The van der Waals surface area contributed by atoms with Gasteiger partial charge in [0.15, 0.2) is 0 Å². The molecule has 2 atom stereocenters. The zero-order valence-corrected chi connectivity index (χ0v) is 13.9. The lowest BCUT2D eigenvalue weighted by molar-refractivity contribution is -0.142. The molecule has 3 fully saturated rings. The Morgan fingerprint density at radius 1 is 1.26 bits per heavy atom. The lowest BCUT2D eigenvalue weighted by Gasteiger charge is -2.25. The third-order valence-electron chi connectivity index (χ3n) is 5.50. The Morgan fingerprint density at radius 2 is 2.09 bits per heavy atom. The van der Waals surface area contributed by atoms with Gasteiger partial charge in [-0.05, 0) is 26.3 Å². The van der Waals surface area contributed by atoms with Crippen LogP contribution in [-0.4, -0.2) is 69.4 Å². The van der Waals surface area contributed by atoms with Crippen molar-refractivity contribution in [3.05, 3.63) is 11.6 Å². The standard InChI is InChI=1S/C16H25N5O2/c1-19(10-14-17-18-15(20(14)2)11-3-4-11)12-5-7-21(9-12)13-6-8-23-16(13)22/h11-13H,3-10H2,1-2H3/t12-,13-/m1/s1. The molecule has 4 rings (SSSR count). The molecule has 0 spiro atoms. The summed E-state index contributed by atoms with van der Waals surface area (Å²) in [5.41, 5.74) is 0. The summed E-state index contributed by atoms with van der Waals surface area (Å²) in [6.07, 6.45) is 4.42. The van der Waals surface area contributed by atoms with Gasteiger partial charge in [0.2, 0.25) is 0 Å². The minimum absolute atomic E-state index is 0.0234. The summed E-state index contributed by atoms with van der Waals surface area (Å²) < 4.78 is 7.26. The number of nitrogens with zero attached hydrogens (tertiary/aromatic N) is 5. The molecule has 0 aromatic carbocycles. The van der Waals surface area contributed by atoms with Crippen LogP contribution in [0.15, 0.2) is 0 Å². The quantitative estimate of drug-likeness (QED) is 0.737. The fraction of sp³-hybridized carbons (Fsp3) is 0.812. The molecule has 7 nitrogen and oxygen atoms in total. The Bertz CT molecular complexity index is 597. The monoisotopic (exact) mass is 319 g/mol. The average Bonchev–Trinajstić information content (AvgIpc) is 2.94. The van der Waals surface area contributed by atoms with E-state index in [1.165, 1.54) is 12.8 Å². The lowest BCUT2D eigenvalue weighted by atomic mass is 10.2. The molecule has 2 saturated heterocycles. The van der Waals surface area contributed by atoms with Gasteiger partial charge >= 0.3 is 5.97 Å². The minimum Gasteiger partial charge on any atom is -0.464 e. The molecule has 1 aromatic rings. The zero-order chi connectivity index (χ0) is 16.0. The topological polar surface area (TPSA) is 63.5 Å². The molecule has 0 amide bonds. The first-order valence-electron chi connectivity index (χ1n) is 8.62. The summed E-state index contributed by atoms with van der Waals surface area (Å²) in [5, 5.41) is 8.74. The van der Waals surface area contributed by atoms with Gasteiger partial charge in [0.25, 0.3) is 0 Å². The summed E-state index contributed by atoms with van der Waals surface area (Å²) in [5.74, 6) is 2.75. The number of likely N-dealkylation sites (N-methyl/N-ethyl adjacent to an activating group) is 1. The molecule has 1 aliphatic carbocycles. The van der Waals surface area contributed by atoms with Crippen molar-refractivity contribution in [1.82, 2.24) is 24.6 Å². The lowest BCUT2D eigenvalue weighted by Crippen LogP contribution is -2.40. The number of hydrogen-bond acceptors (Lipinski definition) is 6. The van der Waals surface area contributed by atoms with E-state index >= 15 is 0 Å². The maximum absolute atomic E-state index is 11.7. The highest BCUT2D eigenvalue weighted by Gasteiger charge is 2.38. The van der Waals surface area contributed by atoms with Crippen molar-refractivity contribution in [2.75, 3.05) is 26.7 Å². The van der Waals surface area contributed by atoms with E-state index in [1.54, 1.807) is 0 Å². The number of carbonyl (C=O) groups excluding carboxylic acids is 1. The van der Waals surface area contributed by atoms with Crippen LogP contribution in [0.25, 0.3) is 0 Å². The predicted molar refractivity (Wildman–Crippen MR) is 83.8 cm³/mol. The van der Waals surface area contributed by atoms with E-state index < -0.39 is 0 Å². The van der Waals surface area contributed by atoms with E-state index in [4.69, 9.17) is 4.74 Å². The van der Waals surface area contributed by atoms with E-state index in [9.17, 15) is 4.79 Å². The summed E-state index contributed by atoms with van der Waals surface area (Å²) in [6.45, 7) is 3.29. The number of likely N-dealkylation sites (tertiary alicyclic amines) is 1. The van der Waals surface area contributed by atoms with Gasteiger partial charge in [0.05, 0.1) is 13.2 Å². The summed E-state index contributed by atoms with van der Waals surface area (Å²) in [6, 6.07) is 0.439. The van der Waals surface area contributed by atoms with Crippen molar-refractivity contribution >= 4 is 5.97 Å². The zero-order valence-electron chi connectivity index (χ0n) is 13.9. The van der Waals surface area contributed by atoms with Gasteiger partial charge in [0, 0.05) is 38.5 Å². The largest absolute Gasteiger partial charge is 0.464 e. The maximum Gasteiger partial charge on any atom is 0.323 e. The van der Waals surface area contributed by atoms with Gasteiger partial charge in [0.1, 0.15) is 17.7 Å². The van der Waals surface area contributed by atoms with Gasteiger partial charge in [-0.15, -0.1) is 10.2 Å². The number of aromatic nitrogens is 3. The number of esters is 1. The van der Waals surface area contributed by atoms with Gasteiger partial charge in [-0.1, -0.05) is 0 Å². The second-order valence-corrected chi connectivity index (χ2v) is 7.13. The Hall–Kier alpha value is -1.47. The molecule has 1 saturated carbocycles. The van der Waals surface area contributed by atoms with Crippen LogP contribution in [0.5, 0.6) is 0 Å². The summed E-state index contributed by atoms with van der Waals surface area (Å²) in [4.78, 5) is 16.4. The minimum atomic E-state index is -0.0457. The van der Waals surface area contributed by atoms with Crippen LogP contribution < -0.4 is 0 Å². The fourth-order valence-electron chi connectivity index (χ4n) is 3.79. The normalized spacial score (nSPS) is 28.7. The first-order chi connectivity index (χ1) is 11.1. The average molecular weight is 319 g/mol. The molecule has 3 heterocycles. The molecule has 2 aliphatic heterocycles. The SMILES string of the molecule is CN(Cc1nnc(C2CC2)n1C)[C@@H]1CCN([C@@H]2CCOC2=O)C1. The van der Waals surface area contributed by atoms with Crippen molar-refractivity contribution in [2.45, 2.75) is 50.2 Å². The van der Waals surface area contributed by atoms with E-state index in [0.29, 0.717) is 18.6 Å². The summed E-state index contributed by atoms with van der Waals surface area (Å²) in [7, 11) is 4.22. The van der Waals surface area contributed by atoms with Crippen molar-refractivity contribution in [2.24, 2.45) is 7.05 Å². The first-order valence-corrected chi connectivity index (χ1v) is 8.62. The molecular formula is C16H25N5O2. The number of hydrogen-bond donors (Lipinski definition) is 0. The van der Waals surface area contributed by atoms with E-state index in [0.717, 1.165) is 44.1 Å². The van der Waals surface area contributed by atoms with Crippen LogP contribution in [0.2, 0.25) is 0 Å². The highest BCUT2D eigenvalue weighted by atomic mass is 16.5. The van der Waals surface area contributed by atoms with Crippen LogP contribution in [0, 0.1) is 0 Å². The molecular weight excluding hydrogens is 294 g/mol. The predicted octanol–water partition coefficient (Wildman–Crippen LogP) is 0.514. The molecule has 23 heavy (non-hydrogen) atoms. The van der Waals surface area contributed by atoms with Crippen LogP contribution in [-0.2, 0) is 23.1 Å².